The van der Waals surface area contributed by atoms with E-state index in [0.29, 0.717) is 6.42 Å². The van der Waals surface area contributed by atoms with E-state index in [1.165, 1.54) is 0 Å². The molecule has 0 saturated carbocycles. The lowest BCUT2D eigenvalue weighted by Crippen LogP contribution is -1.99. The summed E-state index contributed by atoms with van der Waals surface area (Å²) in [6.07, 6.45) is 2.09. The van der Waals surface area contributed by atoms with Crippen molar-refractivity contribution in [3.63, 3.8) is 0 Å². The standard InChI is InChI=1S/C8H8BrNO/c1-6(11)5-8-7(9)3-2-4-10-8/h2-4H,5H2,1H3. The minimum absolute atomic E-state index is 0.129. The van der Waals surface area contributed by atoms with Gasteiger partial charge in [0.15, 0.2) is 0 Å². The third kappa shape index (κ3) is 2.42. The minimum atomic E-state index is 0.129. The molecule has 0 spiro atoms. The largest absolute Gasteiger partial charge is 0.300 e. The molecule has 1 aromatic rings. The number of carbonyl (C=O) groups excluding carboxylic acids is 1. The van der Waals surface area contributed by atoms with Crippen LogP contribution >= 0.6 is 15.9 Å². The van der Waals surface area contributed by atoms with Crippen molar-refractivity contribution in [2.45, 2.75) is 13.3 Å². The molecule has 0 aromatic carbocycles. The lowest BCUT2D eigenvalue weighted by atomic mass is 10.2. The van der Waals surface area contributed by atoms with Gasteiger partial charge in [-0.3, -0.25) is 9.78 Å². The molecule has 0 bridgehead atoms. The van der Waals surface area contributed by atoms with Crippen LogP contribution in [-0.4, -0.2) is 10.8 Å². The van der Waals surface area contributed by atoms with Gasteiger partial charge in [-0.25, -0.2) is 0 Å². The Morgan fingerprint density at radius 3 is 3.00 bits per heavy atom. The normalized spacial score (nSPS) is 9.64. The van der Waals surface area contributed by atoms with Crippen LogP contribution < -0.4 is 0 Å². The Morgan fingerprint density at radius 1 is 1.73 bits per heavy atom. The molecule has 0 unspecified atom stereocenters. The Bertz CT molecular complexity index is 273. The lowest BCUT2D eigenvalue weighted by molar-refractivity contribution is -0.116. The third-order valence-electron chi connectivity index (χ3n) is 1.25. The molecular weight excluding hydrogens is 206 g/mol. The second-order valence-electron chi connectivity index (χ2n) is 2.31. The Labute approximate surface area is 73.8 Å². The summed E-state index contributed by atoms with van der Waals surface area (Å²) in [6.45, 7) is 1.56. The van der Waals surface area contributed by atoms with E-state index >= 15 is 0 Å². The number of nitrogens with zero attached hydrogens (tertiary/aromatic N) is 1. The van der Waals surface area contributed by atoms with Gasteiger partial charge in [0.25, 0.3) is 0 Å². The van der Waals surface area contributed by atoms with E-state index in [2.05, 4.69) is 20.9 Å². The van der Waals surface area contributed by atoms with Gasteiger partial charge in [0.1, 0.15) is 5.78 Å². The molecule has 0 N–H and O–H groups in total. The van der Waals surface area contributed by atoms with Crippen molar-refractivity contribution in [1.29, 1.82) is 0 Å². The molecule has 0 amide bonds. The van der Waals surface area contributed by atoms with Gasteiger partial charge in [0, 0.05) is 17.1 Å². The number of ketones is 1. The minimum Gasteiger partial charge on any atom is -0.300 e. The first-order chi connectivity index (χ1) is 5.20. The van der Waals surface area contributed by atoms with Gasteiger partial charge < -0.3 is 0 Å². The van der Waals surface area contributed by atoms with Gasteiger partial charge in [-0.2, -0.15) is 0 Å². The smallest absolute Gasteiger partial charge is 0.135 e. The van der Waals surface area contributed by atoms with Crippen LogP contribution in [0.5, 0.6) is 0 Å². The van der Waals surface area contributed by atoms with Crippen molar-refractivity contribution in [1.82, 2.24) is 4.98 Å². The van der Waals surface area contributed by atoms with Crippen LogP contribution in [0.15, 0.2) is 22.8 Å². The van der Waals surface area contributed by atoms with E-state index < -0.39 is 0 Å². The fourth-order valence-corrected chi connectivity index (χ4v) is 1.18. The van der Waals surface area contributed by atoms with Gasteiger partial charge in [0.2, 0.25) is 0 Å². The number of hydrogen-bond donors (Lipinski definition) is 0. The molecule has 1 rings (SSSR count). The summed E-state index contributed by atoms with van der Waals surface area (Å²) in [5, 5.41) is 0. The number of Topliss-reactive ketones (excluding diaryl/α,β-unsaturated/α-hetero) is 1. The molecule has 0 aliphatic heterocycles. The Kier molecular flexibility index (Phi) is 2.76. The average molecular weight is 214 g/mol. The summed E-state index contributed by atoms with van der Waals surface area (Å²) in [4.78, 5) is 14.8. The Hall–Kier alpha value is -0.700. The van der Waals surface area contributed by atoms with Crippen molar-refractivity contribution >= 4 is 21.7 Å². The fourth-order valence-electron chi connectivity index (χ4n) is 0.784. The molecular formula is C8H8BrNO. The number of rotatable bonds is 2. The monoisotopic (exact) mass is 213 g/mol. The number of pyridine rings is 1. The highest BCUT2D eigenvalue weighted by Gasteiger charge is 2.01. The van der Waals surface area contributed by atoms with E-state index in [1.54, 1.807) is 13.1 Å². The summed E-state index contributed by atoms with van der Waals surface area (Å²) < 4.78 is 0.898. The van der Waals surface area contributed by atoms with Crippen molar-refractivity contribution in [2.75, 3.05) is 0 Å². The zero-order chi connectivity index (χ0) is 8.27. The number of halogens is 1. The SMILES string of the molecule is CC(=O)Cc1ncccc1Br. The van der Waals surface area contributed by atoms with Crippen LogP contribution in [0, 0.1) is 0 Å². The molecule has 2 nitrogen and oxygen atoms in total. The summed E-state index contributed by atoms with van der Waals surface area (Å²) in [5.74, 6) is 0.129. The highest BCUT2D eigenvalue weighted by molar-refractivity contribution is 9.10. The van der Waals surface area contributed by atoms with Gasteiger partial charge in [-0.15, -0.1) is 0 Å². The van der Waals surface area contributed by atoms with Crippen LogP contribution in [0.2, 0.25) is 0 Å². The first-order valence-corrected chi connectivity index (χ1v) is 4.08. The molecule has 0 fully saturated rings. The molecule has 0 atom stereocenters. The van der Waals surface area contributed by atoms with Gasteiger partial charge in [0.05, 0.1) is 5.69 Å². The number of aromatic nitrogens is 1. The predicted molar refractivity (Wildman–Crippen MR) is 46.3 cm³/mol. The van der Waals surface area contributed by atoms with Crippen molar-refractivity contribution in [2.24, 2.45) is 0 Å². The third-order valence-corrected chi connectivity index (χ3v) is 1.97. The zero-order valence-electron chi connectivity index (χ0n) is 6.17. The molecule has 0 saturated heterocycles. The van der Waals surface area contributed by atoms with Crippen molar-refractivity contribution < 1.29 is 4.79 Å². The van der Waals surface area contributed by atoms with Crippen LogP contribution in [0.3, 0.4) is 0 Å². The van der Waals surface area contributed by atoms with Crippen molar-refractivity contribution in [3.8, 4) is 0 Å². The number of hydrogen-bond acceptors (Lipinski definition) is 2. The summed E-state index contributed by atoms with van der Waals surface area (Å²) in [5.41, 5.74) is 0.806. The molecule has 11 heavy (non-hydrogen) atoms. The maximum Gasteiger partial charge on any atom is 0.135 e. The maximum atomic E-state index is 10.7. The molecule has 1 aromatic heterocycles. The van der Waals surface area contributed by atoms with E-state index in [-0.39, 0.29) is 5.78 Å². The summed E-state index contributed by atoms with van der Waals surface area (Å²) in [7, 11) is 0. The summed E-state index contributed by atoms with van der Waals surface area (Å²) in [6, 6.07) is 3.71. The zero-order valence-corrected chi connectivity index (χ0v) is 7.76. The second kappa shape index (κ2) is 3.62. The quantitative estimate of drug-likeness (QED) is 0.753. The number of carbonyl (C=O) groups is 1. The summed E-state index contributed by atoms with van der Waals surface area (Å²) >= 11 is 3.31. The van der Waals surface area contributed by atoms with Gasteiger partial charge in [-0.05, 0) is 35.0 Å². The van der Waals surface area contributed by atoms with E-state index in [4.69, 9.17) is 0 Å². The molecule has 0 aliphatic carbocycles. The highest BCUT2D eigenvalue weighted by atomic mass is 79.9. The molecule has 58 valence electrons. The van der Waals surface area contributed by atoms with E-state index in [0.717, 1.165) is 10.2 Å². The molecule has 0 aliphatic rings. The predicted octanol–water partition coefficient (Wildman–Crippen LogP) is 1.98. The van der Waals surface area contributed by atoms with E-state index in [9.17, 15) is 4.79 Å². The molecule has 0 radical (unpaired) electrons. The second-order valence-corrected chi connectivity index (χ2v) is 3.17. The van der Waals surface area contributed by atoms with E-state index in [1.807, 2.05) is 12.1 Å². The maximum absolute atomic E-state index is 10.7. The first kappa shape index (κ1) is 8.40. The van der Waals surface area contributed by atoms with Crippen LogP contribution in [0.4, 0.5) is 0 Å². The Balaban J connectivity index is 2.86. The van der Waals surface area contributed by atoms with Gasteiger partial charge >= 0.3 is 0 Å². The highest BCUT2D eigenvalue weighted by Crippen LogP contribution is 2.13. The molecule has 3 heteroatoms. The topological polar surface area (TPSA) is 30.0 Å². The van der Waals surface area contributed by atoms with Crippen LogP contribution in [0.1, 0.15) is 12.6 Å². The molecule has 1 heterocycles. The Morgan fingerprint density at radius 2 is 2.45 bits per heavy atom. The average Bonchev–Trinajstić information content (AvgIpc) is 1.93. The van der Waals surface area contributed by atoms with Crippen LogP contribution in [-0.2, 0) is 11.2 Å². The van der Waals surface area contributed by atoms with Crippen LogP contribution in [0.25, 0.3) is 0 Å². The van der Waals surface area contributed by atoms with Crippen molar-refractivity contribution in [3.05, 3.63) is 28.5 Å². The lowest BCUT2D eigenvalue weighted by Gasteiger charge is -1.97. The fraction of sp³-hybridized carbons (Fsp3) is 0.250. The van der Waals surface area contributed by atoms with Gasteiger partial charge in [-0.1, -0.05) is 0 Å². The first-order valence-electron chi connectivity index (χ1n) is 3.29.